The van der Waals surface area contributed by atoms with Crippen LogP contribution in [0.5, 0.6) is 0 Å². The van der Waals surface area contributed by atoms with Gasteiger partial charge in [-0.1, -0.05) is 72.7 Å². The van der Waals surface area contributed by atoms with Gasteiger partial charge in [-0.25, -0.2) is 0 Å². The van der Waals surface area contributed by atoms with Gasteiger partial charge in [0, 0.05) is 0 Å². The van der Waals surface area contributed by atoms with Crippen LogP contribution in [0.4, 0.5) is 0 Å². The third-order valence-corrected chi connectivity index (χ3v) is 2.46. The Hall–Kier alpha value is -0.780. The molecule has 0 atom stereocenters. The van der Waals surface area contributed by atoms with Crippen LogP contribution in [-0.4, -0.2) is 0 Å². The number of rotatable bonds is 2. The van der Waals surface area contributed by atoms with Gasteiger partial charge < -0.3 is 0 Å². The molecule has 0 bridgehead atoms. The van der Waals surface area contributed by atoms with Crippen molar-refractivity contribution in [3.8, 4) is 0 Å². The molecule has 92 valence electrons. The molecule has 0 N–H and O–H groups in total. The van der Waals surface area contributed by atoms with E-state index in [1.807, 2.05) is 13.8 Å². The van der Waals surface area contributed by atoms with Crippen LogP contribution in [0.25, 0.3) is 0 Å². The molecule has 0 radical (unpaired) electrons. The fourth-order valence-corrected chi connectivity index (χ4v) is 1.61. The lowest BCUT2D eigenvalue weighted by Crippen LogP contribution is -2.10. The molecule has 0 saturated carbocycles. The smallest absolute Gasteiger partial charge is 0.0132 e. The summed E-state index contributed by atoms with van der Waals surface area (Å²) >= 11 is 0. The van der Waals surface area contributed by atoms with Gasteiger partial charge in [0.2, 0.25) is 0 Å². The fraction of sp³-hybridized carbons (Fsp3) is 0.625. The summed E-state index contributed by atoms with van der Waals surface area (Å²) in [5, 5.41) is 0. The Labute approximate surface area is 102 Å². The van der Waals surface area contributed by atoms with E-state index in [4.69, 9.17) is 0 Å². The summed E-state index contributed by atoms with van der Waals surface area (Å²) in [5.74, 6) is 0.746. The molecule has 0 aliphatic carbocycles. The molecule has 0 aliphatic rings. The van der Waals surface area contributed by atoms with Crippen LogP contribution >= 0.6 is 0 Å². The molecule has 1 aromatic rings. The SMILES string of the molecule is CC.CC(C)Cc1ccc(C(C)(C)C)cc1. The molecule has 0 nitrogen and oxygen atoms in total. The van der Waals surface area contributed by atoms with Gasteiger partial charge in [0.15, 0.2) is 0 Å². The summed E-state index contributed by atoms with van der Waals surface area (Å²) in [4.78, 5) is 0. The third-order valence-electron chi connectivity index (χ3n) is 2.46. The molecule has 16 heavy (non-hydrogen) atoms. The van der Waals surface area contributed by atoms with Crippen LogP contribution in [0.3, 0.4) is 0 Å². The zero-order valence-corrected chi connectivity index (χ0v) is 12.1. The van der Waals surface area contributed by atoms with Crippen molar-refractivity contribution in [1.82, 2.24) is 0 Å². The second kappa shape index (κ2) is 6.73. The quantitative estimate of drug-likeness (QED) is 0.642. The van der Waals surface area contributed by atoms with Gasteiger partial charge in [-0.3, -0.25) is 0 Å². The Morgan fingerprint density at radius 2 is 1.38 bits per heavy atom. The average Bonchev–Trinajstić information content (AvgIpc) is 2.19. The van der Waals surface area contributed by atoms with Gasteiger partial charge in [-0.15, -0.1) is 0 Å². The Balaban J connectivity index is 0.00000106. The maximum Gasteiger partial charge on any atom is -0.0132 e. The van der Waals surface area contributed by atoms with E-state index in [-0.39, 0.29) is 5.41 Å². The Bertz CT molecular complexity index is 272. The lowest BCUT2D eigenvalue weighted by atomic mass is 9.86. The molecule has 0 unspecified atom stereocenters. The Morgan fingerprint density at radius 3 is 1.69 bits per heavy atom. The molecule has 1 rings (SSSR count). The molecule has 0 heterocycles. The summed E-state index contributed by atoms with van der Waals surface area (Å²) in [5.41, 5.74) is 3.15. The van der Waals surface area contributed by atoms with E-state index in [1.54, 1.807) is 0 Å². The maximum atomic E-state index is 2.26. The minimum Gasteiger partial charge on any atom is -0.0683 e. The van der Waals surface area contributed by atoms with Gasteiger partial charge in [-0.2, -0.15) is 0 Å². The van der Waals surface area contributed by atoms with Crippen molar-refractivity contribution in [3.63, 3.8) is 0 Å². The molecule has 0 aromatic heterocycles. The molecule has 0 saturated heterocycles. The minimum atomic E-state index is 0.274. The first-order valence-electron chi connectivity index (χ1n) is 6.49. The molecular weight excluding hydrogens is 192 g/mol. The van der Waals surface area contributed by atoms with Crippen molar-refractivity contribution < 1.29 is 0 Å². The highest BCUT2D eigenvalue weighted by atomic mass is 14.2. The summed E-state index contributed by atoms with van der Waals surface area (Å²) in [6.45, 7) is 15.3. The largest absolute Gasteiger partial charge is 0.0683 e. The van der Waals surface area contributed by atoms with Gasteiger partial charge in [-0.05, 0) is 28.9 Å². The highest BCUT2D eigenvalue weighted by Gasteiger charge is 2.12. The highest BCUT2D eigenvalue weighted by Crippen LogP contribution is 2.22. The van der Waals surface area contributed by atoms with Crippen molar-refractivity contribution in [2.45, 2.75) is 60.3 Å². The van der Waals surface area contributed by atoms with Gasteiger partial charge in [0.1, 0.15) is 0 Å². The Morgan fingerprint density at radius 1 is 0.938 bits per heavy atom. The van der Waals surface area contributed by atoms with E-state index in [9.17, 15) is 0 Å². The number of hydrogen-bond acceptors (Lipinski definition) is 0. The second-order valence-corrected chi connectivity index (χ2v) is 5.54. The maximum absolute atomic E-state index is 2.26. The molecule has 0 amide bonds. The molecule has 0 fully saturated rings. The summed E-state index contributed by atoms with van der Waals surface area (Å²) in [7, 11) is 0. The Kier molecular flexibility index (Phi) is 6.40. The first-order valence-corrected chi connectivity index (χ1v) is 6.49. The first-order chi connectivity index (χ1) is 7.39. The summed E-state index contributed by atoms with van der Waals surface area (Å²) in [6, 6.07) is 9.05. The fourth-order valence-electron chi connectivity index (χ4n) is 1.61. The van der Waals surface area contributed by atoms with Crippen molar-refractivity contribution in [1.29, 1.82) is 0 Å². The van der Waals surface area contributed by atoms with E-state index in [2.05, 4.69) is 58.9 Å². The third kappa shape index (κ3) is 5.34. The molecule has 0 spiro atoms. The minimum absolute atomic E-state index is 0.274. The van der Waals surface area contributed by atoms with Crippen LogP contribution in [0.1, 0.15) is 59.6 Å². The zero-order valence-electron chi connectivity index (χ0n) is 12.1. The average molecular weight is 220 g/mol. The van der Waals surface area contributed by atoms with Crippen molar-refractivity contribution >= 4 is 0 Å². The topological polar surface area (TPSA) is 0 Å². The number of benzene rings is 1. The van der Waals surface area contributed by atoms with Crippen LogP contribution in [-0.2, 0) is 11.8 Å². The normalized spacial score (nSPS) is 11.0. The number of hydrogen-bond donors (Lipinski definition) is 0. The van der Waals surface area contributed by atoms with Crippen molar-refractivity contribution in [2.75, 3.05) is 0 Å². The molecular formula is C16H28. The highest BCUT2D eigenvalue weighted by molar-refractivity contribution is 5.27. The van der Waals surface area contributed by atoms with Crippen LogP contribution in [0, 0.1) is 5.92 Å². The summed E-state index contributed by atoms with van der Waals surface area (Å²) < 4.78 is 0. The molecule has 1 aromatic carbocycles. The zero-order chi connectivity index (χ0) is 12.8. The monoisotopic (exact) mass is 220 g/mol. The molecule has 0 aliphatic heterocycles. The summed E-state index contributed by atoms with van der Waals surface area (Å²) in [6.07, 6.45) is 1.18. The second-order valence-electron chi connectivity index (χ2n) is 5.54. The van der Waals surface area contributed by atoms with E-state index in [0.29, 0.717) is 0 Å². The standard InChI is InChI=1S/C14H22.C2H6/c1-11(2)10-12-6-8-13(9-7-12)14(3,4)5;1-2/h6-9,11H,10H2,1-5H3;1-2H3. The predicted molar refractivity (Wildman–Crippen MR) is 75.0 cm³/mol. The van der Waals surface area contributed by atoms with Gasteiger partial charge >= 0.3 is 0 Å². The van der Waals surface area contributed by atoms with E-state index in [1.165, 1.54) is 17.5 Å². The van der Waals surface area contributed by atoms with Crippen molar-refractivity contribution in [2.24, 2.45) is 5.92 Å². The van der Waals surface area contributed by atoms with Crippen LogP contribution in [0.15, 0.2) is 24.3 Å². The first kappa shape index (κ1) is 15.2. The van der Waals surface area contributed by atoms with Crippen molar-refractivity contribution in [3.05, 3.63) is 35.4 Å². The van der Waals surface area contributed by atoms with E-state index < -0.39 is 0 Å². The van der Waals surface area contributed by atoms with Gasteiger partial charge in [0.05, 0.1) is 0 Å². The van der Waals surface area contributed by atoms with Gasteiger partial charge in [0.25, 0.3) is 0 Å². The lowest BCUT2D eigenvalue weighted by molar-refractivity contribution is 0.589. The van der Waals surface area contributed by atoms with Crippen LogP contribution in [0.2, 0.25) is 0 Å². The van der Waals surface area contributed by atoms with E-state index >= 15 is 0 Å². The van der Waals surface area contributed by atoms with E-state index in [0.717, 1.165) is 5.92 Å². The van der Waals surface area contributed by atoms with Crippen LogP contribution < -0.4 is 0 Å². The lowest BCUT2D eigenvalue weighted by Gasteiger charge is -2.19. The molecule has 0 heteroatoms. The predicted octanol–water partition coefficient (Wildman–Crippen LogP) is 5.21.